The Labute approximate surface area is 203 Å². The summed E-state index contributed by atoms with van der Waals surface area (Å²) in [5.74, 6) is -0.768. The Morgan fingerprint density at radius 2 is 1.74 bits per heavy atom. The molecule has 1 aromatic heterocycles. The summed E-state index contributed by atoms with van der Waals surface area (Å²) < 4.78 is 11.6. The average molecular weight is 475 g/mol. The molecule has 35 heavy (non-hydrogen) atoms. The van der Waals surface area contributed by atoms with Crippen molar-refractivity contribution in [3.63, 3.8) is 0 Å². The smallest absolute Gasteiger partial charge is 0.339 e. The van der Waals surface area contributed by atoms with Gasteiger partial charge < -0.3 is 24.0 Å². The quantitative estimate of drug-likeness (QED) is 0.527. The second kappa shape index (κ2) is 9.21. The second-order valence-electron chi connectivity index (χ2n) is 9.59. The molecule has 2 aromatic carbocycles. The van der Waals surface area contributed by atoms with Gasteiger partial charge in [-0.3, -0.25) is 4.79 Å². The van der Waals surface area contributed by atoms with Crippen LogP contribution in [0.2, 0.25) is 0 Å². The monoisotopic (exact) mass is 474 g/mol. The molecule has 1 fully saturated rings. The molecule has 182 valence electrons. The maximum absolute atomic E-state index is 13.0. The van der Waals surface area contributed by atoms with Gasteiger partial charge in [0.15, 0.2) is 6.61 Å². The van der Waals surface area contributed by atoms with E-state index in [1.165, 1.54) is 0 Å². The molecule has 0 saturated carbocycles. The van der Waals surface area contributed by atoms with Crippen molar-refractivity contribution < 1.29 is 23.8 Å². The highest BCUT2D eigenvalue weighted by atomic mass is 16.5. The molecule has 1 aliphatic carbocycles. The van der Waals surface area contributed by atoms with E-state index in [2.05, 4.69) is 0 Å². The Balaban J connectivity index is 1.34. The van der Waals surface area contributed by atoms with E-state index in [4.69, 9.17) is 9.15 Å². The van der Waals surface area contributed by atoms with Crippen LogP contribution >= 0.6 is 0 Å². The number of nitrogens with zero attached hydrogens (tertiary/aromatic N) is 1. The average Bonchev–Trinajstić information content (AvgIpc) is 2.87. The van der Waals surface area contributed by atoms with Crippen LogP contribution in [0.25, 0.3) is 11.0 Å². The summed E-state index contributed by atoms with van der Waals surface area (Å²) in [5, 5.41) is 12.9. The molecule has 7 nitrogen and oxygen atoms in total. The van der Waals surface area contributed by atoms with E-state index in [1.54, 1.807) is 17.0 Å². The lowest BCUT2D eigenvalue weighted by atomic mass is 9.73. The predicted octanol–water partition coefficient (Wildman–Crippen LogP) is 2.67. The molecule has 2 heterocycles. The number of carbonyl (C=O) groups excluding carboxylic acids is 2. The van der Waals surface area contributed by atoms with Crippen molar-refractivity contribution in [1.82, 2.24) is 4.90 Å². The number of fused-ring (bicyclic) bond motifs is 3. The van der Waals surface area contributed by atoms with Crippen LogP contribution in [0.1, 0.15) is 47.9 Å². The number of carbonyl (C=O) groups is 2. The van der Waals surface area contributed by atoms with E-state index in [9.17, 15) is 19.5 Å². The van der Waals surface area contributed by atoms with Crippen LogP contribution in [-0.4, -0.2) is 36.5 Å². The first-order valence-electron chi connectivity index (χ1n) is 12.2. The van der Waals surface area contributed by atoms with Gasteiger partial charge in [0.25, 0.3) is 5.91 Å². The number of carboxylic acids is 1. The third kappa shape index (κ3) is 4.20. The van der Waals surface area contributed by atoms with Gasteiger partial charge in [0, 0.05) is 24.1 Å². The van der Waals surface area contributed by atoms with Gasteiger partial charge in [0.2, 0.25) is 0 Å². The Morgan fingerprint density at radius 3 is 2.43 bits per heavy atom. The molecule has 2 aliphatic rings. The fourth-order valence-corrected chi connectivity index (χ4v) is 5.52. The molecule has 1 saturated heterocycles. The Morgan fingerprint density at radius 1 is 1.06 bits per heavy atom. The number of likely N-dealkylation sites (tertiary alicyclic amines) is 1. The molecule has 0 unspecified atom stereocenters. The Bertz CT molecular complexity index is 1340. The third-order valence-corrected chi connectivity index (χ3v) is 7.47. The van der Waals surface area contributed by atoms with Crippen LogP contribution in [0, 0.1) is 6.92 Å². The lowest BCUT2D eigenvalue weighted by Crippen LogP contribution is -2.54. The molecule has 0 spiro atoms. The highest BCUT2D eigenvalue weighted by Gasteiger charge is 2.38. The normalized spacial score (nSPS) is 17.1. The molecular weight excluding hydrogens is 446 g/mol. The predicted molar refractivity (Wildman–Crippen MR) is 128 cm³/mol. The fraction of sp³-hybridized carbons (Fsp3) is 0.393. The number of aryl methyl sites for hydroxylation is 2. The Kier molecular flexibility index (Phi) is 6.09. The first-order valence-corrected chi connectivity index (χ1v) is 12.2. The van der Waals surface area contributed by atoms with Crippen LogP contribution in [0.15, 0.2) is 51.7 Å². The number of hydrogen-bond donors (Lipinski definition) is 0. The summed E-state index contributed by atoms with van der Waals surface area (Å²) in [5.41, 5.74) is 2.35. The van der Waals surface area contributed by atoms with Gasteiger partial charge in [-0.1, -0.05) is 30.3 Å². The standard InChI is InChI=1S/C28H29NO6/c1-18-15-22(25-20-9-5-6-10-21(20)26(31)35-23(25)16-18)34-17-24(30)29-13-11-28(12-14-29,27(32)33)19-7-3-2-4-8-19/h2-4,7-8,15-16H,5-6,9-14,17H2,1H3,(H,32,33)/p-1. The van der Waals surface area contributed by atoms with Crippen molar-refractivity contribution in [3.05, 3.63) is 75.1 Å². The molecule has 0 radical (unpaired) electrons. The lowest BCUT2D eigenvalue weighted by Gasteiger charge is -2.42. The van der Waals surface area contributed by atoms with E-state index in [0.29, 0.717) is 42.0 Å². The maximum Gasteiger partial charge on any atom is 0.339 e. The highest BCUT2D eigenvalue weighted by molar-refractivity contribution is 5.89. The summed E-state index contributed by atoms with van der Waals surface area (Å²) in [6.07, 6.45) is 3.99. The molecule has 0 atom stereocenters. The van der Waals surface area contributed by atoms with Crippen molar-refractivity contribution in [2.45, 2.75) is 50.9 Å². The van der Waals surface area contributed by atoms with E-state index >= 15 is 0 Å². The van der Waals surface area contributed by atoms with Crippen LogP contribution in [0.5, 0.6) is 5.75 Å². The van der Waals surface area contributed by atoms with E-state index in [1.807, 2.05) is 37.3 Å². The van der Waals surface area contributed by atoms with Gasteiger partial charge >= 0.3 is 5.63 Å². The number of piperidine rings is 1. The summed E-state index contributed by atoms with van der Waals surface area (Å²) in [6.45, 7) is 2.34. The third-order valence-electron chi connectivity index (χ3n) is 7.47. The molecule has 7 heteroatoms. The van der Waals surface area contributed by atoms with Gasteiger partial charge in [0.05, 0.1) is 11.4 Å². The Hall–Kier alpha value is -3.61. The van der Waals surface area contributed by atoms with Crippen molar-refractivity contribution >= 4 is 22.8 Å². The van der Waals surface area contributed by atoms with Crippen LogP contribution < -0.4 is 15.5 Å². The summed E-state index contributed by atoms with van der Waals surface area (Å²) in [6, 6.07) is 12.8. The topological polar surface area (TPSA) is 99.9 Å². The fourth-order valence-electron chi connectivity index (χ4n) is 5.52. The highest BCUT2D eigenvalue weighted by Crippen LogP contribution is 2.36. The zero-order chi connectivity index (χ0) is 24.6. The van der Waals surface area contributed by atoms with Crippen molar-refractivity contribution in [2.75, 3.05) is 19.7 Å². The molecule has 1 aliphatic heterocycles. The van der Waals surface area contributed by atoms with Crippen molar-refractivity contribution in [1.29, 1.82) is 0 Å². The zero-order valence-electron chi connectivity index (χ0n) is 19.8. The first-order chi connectivity index (χ1) is 16.9. The molecule has 0 bridgehead atoms. The van der Waals surface area contributed by atoms with Gasteiger partial charge in [-0.25, -0.2) is 4.79 Å². The number of carboxylic acid groups (broad SMARTS) is 1. The molecule has 0 N–H and O–H groups in total. The number of hydrogen-bond acceptors (Lipinski definition) is 6. The summed E-state index contributed by atoms with van der Waals surface area (Å²) in [4.78, 5) is 39.2. The minimum absolute atomic E-state index is 0.171. The molecule has 5 rings (SSSR count). The lowest BCUT2D eigenvalue weighted by molar-refractivity contribution is -0.315. The van der Waals surface area contributed by atoms with Crippen LogP contribution in [-0.2, 0) is 27.8 Å². The second-order valence-corrected chi connectivity index (χ2v) is 9.59. The molecule has 1 amide bonds. The summed E-state index contributed by atoms with van der Waals surface area (Å²) in [7, 11) is 0. The van der Waals surface area contributed by atoms with E-state index < -0.39 is 11.4 Å². The number of amides is 1. The number of benzene rings is 2. The SMILES string of the molecule is Cc1cc(OCC(=O)N2CCC(C(=O)[O-])(c3ccccc3)CC2)c2c3c(c(=O)oc2c1)CCCC3. The minimum Gasteiger partial charge on any atom is -0.549 e. The maximum atomic E-state index is 13.0. The zero-order valence-corrected chi connectivity index (χ0v) is 19.8. The number of ether oxygens (including phenoxy) is 1. The van der Waals surface area contributed by atoms with Crippen molar-refractivity contribution in [3.8, 4) is 5.75 Å². The van der Waals surface area contributed by atoms with Crippen LogP contribution in [0.3, 0.4) is 0 Å². The van der Waals surface area contributed by atoms with Crippen LogP contribution in [0.4, 0.5) is 0 Å². The largest absolute Gasteiger partial charge is 0.549 e. The number of aliphatic carboxylic acids is 1. The van der Waals surface area contributed by atoms with Crippen molar-refractivity contribution in [2.24, 2.45) is 0 Å². The molecular formula is C28H28NO6-. The minimum atomic E-state index is -1.11. The first kappa shape index (κ1) is 23.1. The van der Waals surface area contributed by atoms with Gasteiger partial charge in [-0.15, -0.1) is 0 Å². The summed E-state index contributed by atoms with van der Waals surface area (Å²) >= 11 is 0. The van der Waals surface area contributed by atoms with E-state index in [-0.39, 0.29) is 31.0 Å². The molecule has 3 aromatic rings. The van der Waals surface area contributed by atoms with Gasteiger partial charge in [0.1, 0.15) is 11.3 Å². The van der Waals surface area contributed by atoms with E-state index in [0.717, 1.165) is 35.8 Å². The van der Waals surface area contributed by atoms with Gasteiger partial charge in [-0.05, 0) is 74.3 Å². The number of rotatable bonds is 5. The van der Waals surface area contributed by atoms with Gasteiger partial charge in [-0.2, -0.15) is 0 Å².